The van der Waals surface area contributed by atoms with Crippen molar-refractivity contribution in [2.45, 2.75) is 30.7 Å². The van der Waals surface area contributed by atoms with Gasteiger partial charge in [0.2, 0.25) is 15.9 Å². The van der Waals surface area contributed by atoms with E-state index in [1.807, 2.05) is 25.1 Å². The van der Waals surface area contributed by atoms with Crippen LogP contribution in [0.3, 0.4) is 0 Å². The fourth-order valence-corrected chi connectivity index (χ4v) is 4.90. The Bertz CT molecular complexity index is 1260. The molecular weight excluding hydrogens is 480 g/mol. The third kappa shape index (κ3) is 7.22. The minimum absolute atomic E-state index is 0.0661. The zero-order chi connectivity index (χ0) is 26.1. The molecule has 0 aliphatic rings. The summed E-state index contributed by atoms with van der Waals surface area (Å²) in [5.41, 5.74) is 2.58. The summed E-state index contributed by atoms with van der Waals surface area (Å²) in [7, 11) is 0.847. The maximum absolute atomic E-state index is 13.1. The van der Waals surface area contributed by atoms with Gasteiger partial charge in [0, 0.05) is 13.0 Å². The molecule has 0 spiro atoms. The third-order valence-electron chi connectivity index (χ3n) is 5.72. The van der Waals surface area contributed by atoms with Crippen LogP contribution in [0.2, 0.25) is 0 Å². The number of rotatable bonds is 12. The van der Waals surface area contributed by atoms with Crippen LogP contribution in [0.1, 0.15) is 29.2 Å². The average Bonchev–Trinajstić information content (AvgIpc) is 2.88. The number of ether oxygens (including phenoxy) is 3. The Labute approximate surface area is 212 Å². The molecule has 0 fully saturated rings. The largest absolute Gasteiger partial charge is 0.497 e. The Hall–Kier alpha value is -3.56. The highest BCUT2D eigenvalue weighted by molar-refractivity contribution is 7.89. The number of aryl methyl sites for hydroxylation is 1. The van der Waals surface area contributed by atoms with Gasteiger partial charge in [0.1, 0.15) is 5.75 Å². The van der Waals surface area contributed by atoms with Crippen molar-refractivity contribution in [3.05, 3.63) is 83.4 Å². The lowest BCUT2D eigenvalue weighted by atomic mass is 10.0. The molecule has 192 valence electrons. The maximum Gasteiger partial charge on any atom is 0.241 e. The predicted molar refractivity (Wildman–Crippen MR) is 138 cm³/mol. The Morgan fingerprint density at radius 1 is 0.861 bits per heavy atom. The van der Waals surface area contributed by atoms with E-state index < -0.39 is 16.1 Å². The van der Waals surface area contributed by atoms with Crippen LogP contribution in [0.25, 0.3) is 0 Å². The Balaban J connectivity index is 1.70. The molecule has 0 aliphatic heterocycles. The van der Waals surface area contributed by atoms with Crippen molar-refractivity contribution in [2.75, 3.05) is 27.9 Å². The fourth-order valence-electron chi connectivity index (χ4n) is 3.68. The molecule has 9 heteroatoms. The van der Waals surface area contributed by atoms with Gasteiger partial charge < -0.3 is 19.5 Å². The van der Waals surface area contributed by atoms with Crippen molar-refractivity contribution in [1.82, 2.24) is 10.0 Å². The van der Waals surface area contributed by atoms with Crippen molar-refractivity contribution >= 4 is 15.9 Å². The summed E-state index contributed by atoms with van der Waals surface area (Å²) in [6, 6.07) is 18.3. The average molecular weight is 513 g/mol. The van der Waals surface area contributed by atoms with Crippen molar-refractivity contribution in [3.63, 3.8) is 0 Å². The quantitative estimate of drug-likeness (QED) is 0.383. The number of hydrogen-bond acceptors (Lipinski definition) is 6. The normalized spacial score (nSPS) is 12.0. The predicted octanol–water partition coefficient (Wildman–Crippen LogP) is 3.79. The molecule has 0 aromatic heterocycles. The second-order valence-corrected chi connectivity index (χ2v) is 9.97. The van der Waals surface area contributed by atoms with Crippen LogP contribution in [-0.4, -0.2) is 42.2 Å². The van der Waals surface area contributed by atoms with Crippen molar-refractivity contribution in [3.8, 4) is 17.2 Å². The molecule has 1 amide bonds. The summed E-state index contributed by atoms with van der Waals surface area (Å²) in [6.45, 7) is 2.27. The Morgan fingerprint density at radius 2 is 1.53 bits per heavy atom. The van der Waals surface area contributed by atoms with Gasteiger partial charge in [-0.05, 0) is 60.9 Å². The number of amides is 1. The molecule has 1 atom stereocenters. The van der Waals surface area contributed by atoms with Crippen molar-refractivity contribution in [1.29, 1.82) is 0 Å². The first-order valence-electron chi connectivity index (χ1n) is 11.5. The molecule has 0 saturated heterocycles. The lowest BCUT2D eigenvalue weighted by Gasteiger charge is -2.20. The minimum atomic E-state index is -3.85. The highest BCUT2D eigenvalue weighted by Crippen LogP contribution is 2.28. The van der Waals surface area contributed by atoms with Gasteiger partial charge in [-0.2, -0.15) is 0 Å². The smallest absolute Gasteiger partial charge is 0.241 e. The molecular formula is C27H32N2O6S. The van der Waals surface area contributed by atoms with Crippen LogP contribution in [0.5, 0.6) is 17.2 Å². The Kier molecular flexibility index (Phi) is 9.32. The third-order valence-corrected chi connectivity index (χ3v) is 7.21. The van der Waals surface area contributed by atoms with E-state index in [1.165, 1.54) is 0 Å². The Morgan fingerprint density at radius 3 is 2.14 bits per heavy atom. The van der Waals surface area contributed by atoms with Crippen LogP contribution in [0.15, 0.2) is 71.6 Å². The lowest BCUT2D eigenvalue weighted by molar-refractivity contribution is -0.121. The summed E-state index contributed by atoms with van der Waals surface area (Å²) in [6.07, 6.45) is 0.512. The summed E-state index contributed by atoms with van der Waals surface area (Å²) >= 11 is 0. The summed E-state index contributed by atoms with van der Waals surface area (Å²) in [4.78, 5) is 13.0. The highest BCUT2D eigenvalue weighted by Gasteiger charge is 2.24. The van der Waals surface area contributed by atoms with Crippen molar-refractivity contribution in [2.24, 2.45) is 0 Å². The topological polar surface area (TPSA) is 103 Å². The molecule has 36 heavy (non-hydrogen) atoms. The number of carbonyl (C=O) groups is 1. The molecule has 1 unspecified atom stereocenters. The van der Waals surface area contributed by atoms with E-state index in [9.17, 15) is 13.2 Å². The van der Waals surface area contributed by atoms with Gasteiger partial charge in [-0.25, -0.2) is 13.1 Å². The van der Waals surface area contributed by atoms with Gasteiger partial charge in [0.15, 0.2) is 11.5 Å². The van der Waals surface area contributed by atoms with Crippen LogP contribution in [0.4, 0.5) is 0 Å². The number of carbonyl (C=O) groups excluding carboxylic acids is 1. The van der Waals surface area contributed by atoms with E-state index in [4.69, 9.17) is 14.2 Å². The van der Waals surface area contributed by atoms with E-state index >= 15 is 0 Å². The number of benzene rings is 3. The zero-order valence-electron chi connectivity index (χ0n) is 20.9. The molecule has 0 radical (unpaired) electrons. The van der Waals surface area contributed by atoms with Gasteiger partial charge >= 0.3 is 0 Å². The summed E-state index contributed by atoms with van der Waals surface area (Å²) in [5.74, 6) is 1.61. The summed E-state index contributed by atoms with van der Waals surface area (Å²) in [5, 5.41) is 2.88. The van der Waals surface area contributed by atoms with E-state index in [0.29, 0.717) is 35.8 Å². The van der Waals surface area contributed by atoms with E-state index in [0.717, 1.165) is 11.1 Å². The molecule has 0 bridgehead atoms. The summed E-state index contributed by atoms with van der Waals surface area (Å²) < 4.78 is 44.6. The van der Waals surface area contributed by atoms with Gasteiger partial charge in [-0.15, -0.1) is 0 Å². The standard InChI is InChI=1S/C27H32N2O6S/c1-19-5-12-23(13-6-19)36(31,32)29-24(21-8-10-22(33-2)11-9-21)18-27(30)28-16-15-20-7-14-25(34-3)26(17-20)35-4/h5-14,17,24,29H,15-16,18H2,1-4H3,(H,28,30). The fraction of sp³-hybridized carbons (Fsp3) is 0.296. The highest BCUT2D eigenvalue weighted by atomic mass is 32.2. The lowest BCUT2D eigenvalue weighted by Crippen LogP contribution is -2.34. The molecule has 3 aromatic carbocycles. The molecule has 2 N–H and O–H groups in total. The van der Waals surface area contributed by atoms with Crippen LogP contribution in [0, 0.1) is 6.92 Å². The molecule has 0 heterocycles. The first-order valence-corrected chi connectivity index (χ1v) is 12.9. The van der Waals surface area contributed by atoms with E-state index in [-0.39, 0.29) is 17.2 Å². The minimum Gasteiger partial charge on any atom is -0.497 e. The SMILES string of the molecule is COc1ccc(C(CC(=O)NCCc2ccc(OC)c(OC)c2)NS(=O)(=O)c2ccc(C)cc2)cc1. The zero-order valence-corrected chi connectivity index (χ0v) is 21.7. The molecule has 3 rings (SSSR count). The maximum atomic E-state index is 13.1. The molecule has 0 aliphatic carbocycles. The van der Waals surface area contributed by atoms with E-state index in [1.54, 1.807) is 69.9 Å². The second kappa shape index (κ2) is 12.4. The van der Waals surface area contributed by atoms with Gasteiger partial charge in [0.25, 0.3) is 0 Å². The van der Waals surface area contributed by atoms with Crippen LogP contribution in [-0.2, 0) is 21.2 Å². The van der Waals surface area contributed by atoms with Crippen LogP contribution >= 0.6 is 0 Å². The monoisotopic (exact) mass is 512 g/mol. The van der Waals surface area contributed by atoms with Crippen LogP contribution < -0.4 is 24.2 Å². The number of nitrogens with one attached hydrogen (secondary N) is 2. The van der Waals surface area contributed by atoms with Gasteiger partial charge in [-0.1, -0.05) is 35.9 Å². The van der Waals surface area contributed by atoms with Gasteiger partial charge in [-0.3, -0.25) is 4.79 Å². The molecule has 3 aromatic rings. The van der Waals surface area contributed by atoms with E-state index in [2.05, 4.69) is 10.0 Å². The number of hydrogen-bond donors (Lipinski definition) is 2. The number of sulfonamides is 1. The molecule has 8 nitrogen and oxygen atoms in total. The molecule has 0 saturated carbocycles. The van der Waals surface area contributed by atoms with Gasteiger partial charge in [0.05, 0.1) is 32.3 Å². The number of methoxy groups -OCH3 is 3. The van der Waals surface area contributed by atoms with Crippen molar-refractivity contribution < 1.29 is 27.4 Å². The second-order valence-electron chi connectivity index (χ2n) is 8.25. The first kappa shape index (κ1) is 27.0. The first-order chi connectivity index (χ1) is 17.2.